The van der Waals surface area contributed by atoms with Gasteiger partial charge in [-0.25, -0.2) is 18.7 Å². The monoisotopic (exact) mass is 475 g/mol. The average Bonchev–Trinajstić information content (AvgIpc) is 3.39. The van der Waals surface area contributed by atoms with Crippen molar-refractivity contribution in [3.05, 3.63) is 84.1 Å². The maximum absolute atomic E-state index is 14.3. The third-order valence-corrected chi connectivity index (χ3v) is 7.49. The molecule has 0 spiro atoms. The van der Waals surface area contributed by atoms with Crippen molar-refractivity contribution in [2.45, 2.75) is 38.5 Å². The Bertz CT molecular complexity index is 1340. The van der Waals surface area contributed by atoms with Gasteiger partial charge in [-0.15, -0.1) is 0 Å². The van der Waals surface area contributed by atoms with Crippen molar-refractivity contribution < 1.29 is 13.5 Å². The predicted molar refractivity (Wildman–Crippen MR) is 128 cm³/mol. The molecule has 35 heavy (non-hydrogen) atoms. The first-order valence-corrected chi connectivity index (χ1v) is 12.1. The average molecular weight is 476 g/mol. The van der Waals surface area contributed by atoms with E-state index in [-0.39, 0.29) is 12.1 Å². The Morgan fingerprint density at radius 2 is 1.86 bits per heavy atom. The van der Waals surface area contributed by atoms with Crippen molar-refractivity contribution in [2.24, 2.45) is 11.8 Å². The molecule has 6 rings (SSSR count). The molecule has 0 bridgehead atoms. The van der Waals surface area contributed by atoms with Gasteiger partial charge in [-0.3, -0.25) is 9.88 Å². The van der Waals surface area contributed by atoms with Crippen LogP contribution in [0.1, 0.15) is 30.3 Å². The Kier molecular flexibility index (Phi) is 5.68. The number of halogens is 2. The molecule has 0 unspecified atom stereocenters. The zero-order chi connectivity index (χ0) is 23.9. The van der Waals surface area contributed by atoms with E-state index in [1.807, 2.05) is 25.1 Å². The number of para-hydroxylation sites is 2. The number of aryl methyl sites for hydroxylation is 1. The smallest absolute Gasteiger partial charge is 0.232 e. The Morgan fingerprint density at radius 3 is 2.66 bits per heavy atom. The van der Waals surface area contributed by atoms with E-state index in [0.717, 1.165) is 48.9 Å². The molecule has 1 aliphatic heterocycles. The molecule has 2 aromatic heterocycles. The summed E-state index contributed by atoms with van der Waals surface area (Å²) in [6, 6.07) is 12.1. The van der Waals surface area contributed by atoms with Crippen LogP contribution in [0.25, 0.3) is 11.0 Å². The SMILES string of the molecule is Cc1nc2ccccc2n1[C@H]1C[C@H]2CN(Cc3ccc(F)cc3F)C[C@H]2C[C@@H]1Oc1cnccn1. The van der Waals surface area contributed by atoms with E-state index >= 15 is 0 Å². The molecule has 4 aromatic rings. The summed E-state index contributed by atoms with van der Waals surface area (Å²) < 4.78 is 36.4. The minimum absolute atomic E-state index is 0.0909. The van der Waals surface area contributed by atoms with Gasteiger partial charge in [0.05, 0.1) is 23.3 Å². The van der Waals surface area contributed by atoms with Crippen LogP contribution in [0.15, 0.2) is 61.1 Å². The molecule has 0 amide bonds. The van der Waals surface area contributed by atoms with Gasteiger partial charge in [-0.1, -0.05) is 18.2 Å². The number of imidazole rings is 1. The Labute approximate surface area is 202 Å². The van der Waals surface area contributed by atoms with Gasteiger partial charge in [-0.05, 0) is 49.8 Å². The normalized spacial score (nSPS) is 24.5. The van der Waals surface area contributed by atoms with Crippen LogP contribution >= 0.6 is 0 Å². The fourth-order valence-corrected chi connectivity index (χ4v) is 5.99. The maximum Gasteiger partial charge on any atom is 0.232 e. The number of ether oxygens (including phenoxy) is 1. The van der Waals surface area contributed by atoms with Crippen molar-refractivity contribution >= 4 is 11.0 Å². The minimum atomic E-state index is -0.545. The number of hydrogen-bond acceptors (Lipinski definition) is 5. The first kappa shape index (κ1) is 22.1. The molecule has 1 aliphatic carbocycles. The summed E-state index contributed by atoms with van der Waals surface area (Å²) in [4.78, 5) is 15.6. The van der Waals surface area contributed by atoms with E-state index in [1.54, 1.807) is 24.7 Å². The summed E-state index contributed by atoms with van der Waals surface area (Å²) in [7, 11) is 0. The molecule has 2 aromatic carbocycles. The zero-order valence-corrected chi connectivity index (χ0v) is 19.5. The third kappa shape index (κ3) is 4.27. The van der Waals surface area contributed by atoms with Gasteiger partial charge in [0.15, 0.2) is 0 Å². The number of likely N-dealkylation sites (tertiary alicyclic amines) is 1. The molecule has 1 saturated heterocycles. The summed E-state index contributed by atoms with van der Waals surface area (Å²) in [5.41, 5.74) is 2.61. The topological polar surface area (TPSA) is 56.1 Å². The van der Waals surface area contributed by atoms with Crippen molar-refractivity contribution in [3.8, 4) is 5.88 Å². The van der Waals surface area contributed by atoms with Crippen LogP contribution in [0.2, 0.25) is 0 Å². The highest BCUT2D eigenvalue weighted by Gasteiger charge is 2.44. The largest absolute Gasteiger partial charge is 0.471 e. The van der Waals surface area contributed by atoms with Gasteiger partial charge in [0.25, 0.3) is 0 Å². The third-order valence-electron chi connectivity index (χ3n) is 7.49. The predicted octanol–water partition coefficient (Wildman–Crippen LogP) is 4.94. The second-order valence-corrected chi connectivity index (χ2v) is 9.71. The second-order valence-electron chi connectivity index (χ2n) is 9.71. The van der Waals surface area contributed by atoms with Crippen molar-refractivity contribution in [1.29, 1.82) is 0 Å². The molecule has 2 aliphatic rings. The first-order chi connectivity index (χ1) is 17.0. The number of nitrogens with zero attached hydrogens (tertiary/aromatic N) is 5. The van der Waals surface area contributed by atoms with E-state index in [2.05, 4.69) is 25.5 Å². The second kappa shape index (κ2) is 9.00. The van der Waals surface area contributed by atoms with Gasteiger partial charge < -0.3 is 9.30 Å². The molecule has 0 radical (unpaired) electrons. The quantitative estimate of drug-likeness (QED) is 0.409. The van der Waals surface area contributed by atoms with Crippen LogP contribution in [-0.4, -0.2) is 43.6 Å². The standard InChI is InChI=1S/C27H27F2N5O/c1-17-32-23-4-2-3-5-24(23)34(17)25-10-19-15-33(14-18-6-7-21(28)12-22(18)29)16-20(19)11-26(25)35-27-13-30-8-9-31-27/h2-9,12-13,19-20,25-26H,10-11,14-16H2,1H3/t19-,20+,25-,26-/m0/s1. The highest BCUT2D eigenvalue weighted by molar-refractivity contribution is 5.76. The van der Waals surface area contributed by atoms with E-state index in [9.17, 15) is 8.78 Å². The molecule has 1 saturated carbocycles. The summed E-state index contributed by atoms with van der Waals surface area (Å²) in [6.07, 6.45) is 6.63. The van der Waals surface area contributed by atoms with Gasteiger partial charge in [0, 0.05) is 43.7 Å². The van der Waals surface area contributed by atoms with Crippen molar-refractivity contribution in [2.75, 3.05) is 13.1 Å². The van der Waals surface area contributed by atoms with Gasteiger partial charge in [0.1, 0.15) is 23.6 Å². The Hall–Kier alpha value is -3.39. The van der Waals surface area contributed by atoms with E-state index < -0.39 is 11.6 Å². The van der Waals surface area contributed by atoms with Crippen LogP contribution in [0, 0.1) is 30.4 Å². The van der Waals surface area contributed by atoms with Crippen LogP contribution < -0.4 is 4.74 Å². The van der Waals surface area contributed by atoms with Crippen LogP contribution in [0.5, 0.6) is 5.88 Å². The summed E-state index contributed by atoms with van der Waals surface area (Å²) in [6.45, 7) is 4.26. The van der Waals surface area contributed by atoms with E-state index in [4.69, 9.17) is 9.72 Å². The van der Waals surface area contributed by atoms with Crippen molar-refractivity contribution in [1.82, 2.24) is 24.4 Å². The maximum atomic E-state index is 14.3. The number of aromatic nitrogens is 4. The fourth-order valence-electron chi connectivity index (χ4n) is 5.99. The molecular formula is C27H27F2N5O. The van der Waals surface area contributed by atoms with Crippen LogP contribution in [-0.2, 0) is 6.54 Å². The molecule has 8 heteroatoms. The highest BCUT2D eigenvalue weighted by atomic mass is 19.1. The zero-order valence-electron chi connectivity index (χ0n) is 19.5. The number of rotatable bonds is 5. The Balaban J connectivity index is 1.29. The van der Waals surface area contributed by atoms with E-state index in [1.165, 1.54) is 6.07 Å². The molecule has 2 fully saturated rings. The molecule has 3 heterocycles. The molecule has 6 nitrogen and oxygen atoms in total. The molecule has 180 valence electrons. The summed E-state index contributed by atoms with van der Waals surface area (Å²) >= 11 is 0. The first-order valence-electron chi connectivity index (χ1n) is 12.1. The molecule has 0 N–H and O–H groups in total. The number of hydrogen-bond donors (Lipinski definition) is 0. The summed E-state index contributed by atoms with van der Waals surface area (Å²) in [5, 5.41) is 0. The fraction of sp³-hybridized carbons (Fsp3) is 0.370. The molecule has 4 atom stereocenters. The van der Waals surface area contributed by atoms with Gasteiger partial charge in [-0.2, -0.15) is 0 Å². The van der Waals surface area contributed by atoms with Crippen LogP contribution in [0.3, 0.4) is 0 Å². The van der Waals surface area contributed by atoms with E-state index in [0.29, 0.717) is 29.8 Å². The number of fused-ring (bicyclic) bond motifs is 2. The van der Waals surface area contributed by atoms with Crippen molar-refractivity contribution in [3.63, 3.8) is 0 Å². The highest BCUT2D eigenvalue weighted by Crippen LogP contribution is 2.44. The van der Waals surface area contributed by atoms with Gasteiger partial charge in [0.2, 0.25) is 5.88 Å². The van der Waals surface area contributed by atoms with Crippen LogP contribution in [0.4, 0.5) is 8.78 Å². The summed E-state index contributed by atoms with van der Waals surface area (Å²) in [5.74, 6) is 1.33. The number of benzene rings is 2. The molecular weight excluding hydrogens is 448 g/mol. The minimum Gasteiger partial charge on any atom is -0.471 e. The lowest BCUT2D eigenvalue weighted by Gasteiger charge is -2.39. The lowest BCUT2D eigenvalue weighted by Crippen LogP contribution is -2.40. The lowest BCUT2D eigenvalue weighted by atomic mass is 9.77. The van der Waals surface area contributed by atoms with Gasteiger partial charge >= 0.3 is 0 Å². The lowest BCUT2D eigenvalue weighted by molar-refractivity contribution is 0.0519. The Morgan fingerprint density at radius 1 is 1.03 bits per heavy atom.